The molecule has 0 unspecified atom stereocenters. The van der Waals surface area contributed by atoms with Gasteiger partial charge in [0.05, 0.1) is 12.5 Å². The largest absolute Gasteiger partial charge is 0.478 e. The third kappa shape index (κ3) is 1.42. The molecule has 12 heavy (non-hydrogen) atoms. The van der Waals surface area contributed by atoms with Crippen LogP contribution in [0.2, 0.25) is 0 Å². The summed E-state index contributed by atoms with van der Waals surface area (Å²) >= 11 is 0. The molecule has 0 bridgehead atoms. The van der Waals surface area contributed by atoms with Crippen LogP contribution in [0.4, 0.5) is 0 Å². The average molecular weight is 168 g/mol. The van der Waals surface area contributed by atoms with Gasteiger partial charge in [-0.2, -0.15) is 0 Å². The van der Waals surface area contributed by atoms with Gasteiger partial charge in [0.2, 0.25) is 0 Å². The van der Waals surface area contributed by atoms with E-state index in [0.29, 0.717) is 0 Å². The monoisotopic (exact) mass is 168 g/mol. The smallest absolute Gasteiger partial charge is 0.336 e. The van der Waals surface area contributed by atoms with E-state index in [-0.39, 0.29) is 11.6 Å². The van der Waals surface area contributed by atoms with Crippen LogP contribution in [0.3, 0.4) is 0 Å². The van der Waals surface area contributed by atoms with E-state index in [1.165, 1.54) is 12.1 Å². The van der Waals surface area contributed by atoms with Crippen molar-refractivity contribution < 1.29 is 21.2 Å². The molecule has 0 aromatic heterocycles. The van der Waals surface area contributed by atoms with Gasteiger partial charge < -0.3 is 10.2 Å². The van der Waals surface area contributed by atoms with Crippen molar-refractivity contribution in [1.82, 2.24) is 0 Å². The Morgan fingerprint density at radius 2 is 1.75 bits per heavy atom. The Morgan fingerprint density at radius 3 is 2.17 bits per heavy atom. The lowest BCUT2D eigenvalue weighted by atomic mass is 10.1. The summed E-state index contributed by atoms with van der Waals surface area (Å²) < 4.78 is 7.19. The molecule has 0 radical (unpaired) electrons. The second-order valence-electron chi connectivity index (χ2n) is 2.07. The SMILES string of the molecule is [3H]c1cccc(C(=O)O)c1C(=O)O. The molecule has 0 spiro atoms. The first-order chi connectivity index (χ1) is 6.04. The molecule has 4 nitrogen and oxygen atoms in total. The van der Waals surface area contributed by atoms with Gasteiger partial charge in [-0.05, 0) is 12.1 Å². The predicted molar refractivity (Wildman–Crippen MR) is 40.4 cm³/mol. The zero-order chi connectivity index (χ0) is 10.0. The van der Waals surface area contributed by atoms with Gasteiger partial charge in [-0.3, -0.25) is 0 Å². The van der Waals surface area contributed by atoms with Gasteiger partial charge in [0.15, 0.2) is 0 Å². The van der Waals surface area contributed by atoms with E-state index < -0.39 is 17.5 Å². The number of aromatic carboxylic acids is 2. The van der Waals surface area contributed by atoms with Crippen LogP contribution in [0.15, 0.2) is 24.2 Å². The Balaban J connectivity index is 3.43. The van der Waals surface area contributed by atoms with Crippen molar-refractivity contribution in [3.05, 3.63) is 35.4 Å². The first-order valence-electron chi connectivity index (χ1n) is 3.60. The number of rotatable bonds is 2. The number of carboxylic acid groups (broad SMARTS) is 2. The van der Waals surface area contributed by atoms with E-state index in [1.807, 2.05) is 0 Å². The average Bonchev–Trinajstić information content (AvgIpc) is 2.02. The molecule has 1 aromatic carbocycles. The predicted octanol–water partition coefficient (Wildman–Crippen LogP) is 1.08. The molecule has 0 atom stereocenters. The van der Waals surface area contributed by atoms with E-state index >= 15 is 0 Å². The van der Waals surface area contributed by atoms with Crippen LogP contribution in [0.25, 0.3) is 0 Å². The lowest BCUT2D eigenvalue weighted by Gasteiger charge is -1.98. The molecule has 2 N–H and O–H groups in total. The summed E-state index contributed by atoms with van der Waals surface area (Å²) in [6, 6.07) is 3.42. The van der Waals surface area contributed by atoms with Crippen molar-refractivity contribution in [2.75, 3.05) is 0 Å². The number of benzene rings is 1. The molecule has 4 heteroatoms. The fourth-order valence-corrected chi connectivity index (χ4v) is 0.792. The van der Waals surface area contributed by atoms with E-state index in [4.69, 9.17) is 11.6 Å². The summed E-state index contributed by atoms with van der Waals surface area (Å²) in [4.78, 5) is 21.1. The molecular formula is C8H6O4. The summed E-state index contributed by atoms with van der Waals surface area (Å²) in [6.07, 6.45) is 0. The van der Waals surface area contributed by atoms with E-state index in [0.717, 1.165) is 6.07 Å². The molecule has 0 amide bonds. The third-order valence-corrected chi connectivity index (χ3v) is 1.30. The maximum absolute atomic E-state index is 10.6. The second kappa shape index (κ2) is 3.04. The number of hydrogen-bond donors (Lipinski definition) is 2. The molecule has 0 aliphatic heterocycles. The summed E-state index contributed by atoms with van der Waals surface area (Å²) in [5, 5.41) is 17.2. The quantitative estimate of drug-likeness (QED) is 0.692. The van der Waals surface area contributed by atoms with Crippen molar-refractivity contribution in [3.8, 4) is 0 Å². The molecule has 0 saturated heterocycles. The minimum Gasteiger partial charge on any atom is -0.478 e. The Labute approximate surface area is 69.5 Å². The molecular weight excluding hydrogens is 160 g/mol. The molecule has 0 aliphatic carbocycles. The van der Waals surface area contributed by atoms with Crippen molar-refractivity contribution in [3.63, 3.8) is 0 Å². The zero-order valence-electron chi connectivity index (χ0n) is 6.94. The van der Waals surface area contributed by atoms with Crippen LogP contribution in [0.5, 0.6) is 0 Å². The van der Waals surface area contributed by atoms with Gasteiger partial charge in [-0.25, -0.2) is 9.59 Å². The van der Waals surface area contributed by atoms with Gasteiger partial charge >= 0.3 is 11.9 Å². The molecule has 62 valence electrons. The second-order valence-corrected chi connectivity index (χ2v) is 2.07. The summed E-state index contributed by atoms with van der Waals surface area (Å²) in [7, 11) is 0. The third-order valence-electron chi connectivity index (χ3n) is 1.30. The van der Waals surface area contributed by atoms with Crippen molar-refractivity contribution in [2.45, 2.75) is 0 Å². The Hall–Kier alpha value is -1.84. The maximum Gasteiger partial charge on any atom is 0.336 e. The van der Waals surface area contributed by atoms with Crippen LogP contribution in [0, 0.1) is 0 Å². The highest BCUT2D eigenvalue weighted by atomic mass is 16.4. The van der Waals surface area contributed by atoms with Gasteiger partial charge in [-0.1, -0.05) is 12.1 Å². The standard InChI is InChI=1S/C8H6O4/c9-7(10)5-3-1-2-4-6(5)8(11)12/h1-4H,(H,9,10)(H,11,12)/i3T. The Bertz CT molecular complexity index is 372. The van der Waals surface area contributed by atoms with E-state index in [9.17, 15) is 9.59 Å². The molecule has 0 fully saturated rings. The summed E-state index contributed by atoms with van der Waals surface area (Å²) in [5.74, 6) is -2.74. The van der Waals surface area contributed by atoms with Crippen molar-refractivity contribution >= 4 is 11.9 Å². The highest BCUT2D eigenvalue weighted by Crippen LogP contribution is 2.07. The van der Waals surface area contributed by atoms with Crippen LogP contribution >= 0.6 is 0 Å². The fraction of sp³-hybridized carbons (Fsp3) is 0. The van der Waals surface area contributed by atoms with Gasteiger partial charge in [-0.15, -0.1) is 0 Å². The minimum absolute atomic E-state index is 0.299. The van der Waals surface area contributed by atoms with E-state index in [1.54, 1.807) is 0 Å². The summed E-state index contributed by atoms with van der Waals surface area (Å²) in [5.41, 5.74) is -0.838. The van der Waals surface area contributed by atoms with Gasteiger partial charge in [0, 0.05) is 0 Å². The van der Waals surface area contributed by atoms with Gasteiger partial charge in [0.1, 0.15) is 0 Å². The molecule has 1 aromatic rings. The first kappa shape index (κ1) is 6.84. The summed E-state index contributed by atoms with van der Waals surface area (Å²) in [6.45, 7) is 0. The van der Waals surface area contributed by atoms with Crippen molar-refractivity contribution in [1.29, 1.82) is 0 Å². The zero-order valence-corrected chi connectivity index (χ0v) is 5.94. The minimum atomic E-state index is -1.40. The van der Waals surface area contributed by atoms with Crippen LogP contribution < -0.4 is 0 Å². The Morgan fingerprint density at radius 1 is 1.17 bits per heavy atom. The lowest BCUT2D eigenvalue weighted by molar-refractivity contribution is 0.0651. The van der Waals surface area contributed by atoms with E-state index in [2.05, 4.69) is 0 Å². The van der Waals surface area contributed by atoms with Crippen molar-refractivity contribution in [2.24, 2.45) is 0 Å². The number of hydrogen-bond acceptors (Lipinski definition) is 2. The fourth-order valence-electron chi connectivity index (χ4n) is 0.792. The maximum atomic E-state index is 10.6. The molecule has 0 aliphatic rings. The molecule has 0 saturated carbocycles. The first-order valence-corrected chi connectivity index (χ1v) is 3.10. The lowest BCUT2D eigenvalue weighted by Crippen LogP contribution is -2.06. The van der Waals surface area contributed by atoms with Crippen LogP contribution in [-0.4, -0.2) is 22.2 Å². The van der Waals surface area contributed by atoms with Crippen LogP contribution in [-0.2, 0) is 0 Å². The van der Waals surface area contributed by atoms with Crippen LogP contribution in [0.1, 0.15) is 22.1 Å². The molecule has 0 heterocycles. The topological polar surface area (TPSA) is 74.6 Å². The highest BCUT2D eigenvalue weighted by Gasteiger charge is 2.13. The molecule has 1 rings (SSSR count). The van der Waals surface area contributed by atoms with Gasteiger partial charge in [0.25, 0.3) is 0 Å². The number of carboxylic acids is 2. The highest BCUT2D eigenvalue weighted by molar-refractivity contribution is 6.01. The normalized spacial score (nSPS) is 10.5. The number of carbonyl (C=O) groups is 2. The Kier molecular flexibility index (Phi) is 1.74.